The molecule has 1 fully saturated rings. The maximum atomic E-state index is 13.8. The van der Waals surface area contributed by atoms with E-state index in [0.717, 1.165) is 5.56 Å². The number of nitrogens with zero attached hydrogens (tertiary/aromatic N) is 1. The third-order valence-corrected chi connectivity index (χ3v) is 3.74. The second-order valence-corrected chi connectivity index (χ2v) is 6.92. The van der Waals surface area contributed by atoms with E-state index in [4.69, 9.17) is 10.5 Å². The van der Waals surface area contributed by atoms with Gasteiger partial charge in [0.05, 0.1) is 11.6 Å². The molecule has 7 heteroatoms. The Labute approximate surface area is 141 Å². The number of carbonyl (C=O) groups excluding carboxylic acids is 2. The molecule has 1 aliphatic rings. The molecule has 0 saturated carbocycles. The lowest BCUT2D eigenvalue weighted by Gasteiger charge is -2.24. The average molecular weight is 337 g/mol. The first-order chi connectivity index (χ1) is 11.2. The van der Waals surface area contributed by atoms with Gasteiger partial charge in [-0.05, 0) is 44.9 Å². The van der Waals surface area contributed by atoms with Crippen molar-refractivity contribution in [2.24, 2.45) is 11.7 Å². The van der Waals surface area contributed by atoms with Gasteiger partial charge in [0.15, 0.2) is 0 Å². The fraction of sp³-hybridized carbons (Fsp3) is 0.529. The van der Waals surface area contributed by atoms with Crippen molar-refractivity contribution in [3.63, 3.8) is 0 Å². The summed E-state index contributed by atoms with van der Waals surface area (Å²) >= 11 is 0. The van der Waals surface area contributed by atoms with Crippen molar-refractivity contribution in [2.75, 3.05) is 18.4 Å². The highest BCUT2D eigenvalue weighted by atomic mass is 19.1. The van der Waals surface area contributed by atoms with Gasteiger partial charge in [-0.3, -0.25) is 4.79 Å². The van der Waals surface area contributed by atoms with E-state index in [1.807, 2.05) is 0 Å². The number of nitrogens with two attached hydrogens (primary N) is 1. The van der Waals surface area contributed by atoms with E-state index in [2.05, 4.69) is 5.32 Å². The molecule has 3 N–H and O–H groups in total. The Hall–Kier alpha value is -2.15. The minimum Gasteiger partial charge on any atom is -0.444 e. The second kappa shape index (κ2) is 7.17. The number of likely N-dealkylation sites (tertiary alicyclic amines) is 1. The Morgan fingerprint density at radius 1 is 1.42 bits per heavy atom. The highest BCUT2D eigenvalue weighted by molar-refractivity contribution is 5.93. The van der Waals surface area contributed by atoms with Gasteiger partial charge in [0.1, 0.15) is 11.4 Å². The predicted molar refractivity (Wildman–Crippen MR) is 88.8 cm³/mol. The van der Waals surface area contributed by atoms with Gasteiger partial charge in [0, 0.05) is 19.6 Å². The maximum absolute atomic E-state index is 13.8. The fourth-order valence-corrected chi connectivity index (χ4v) is 2.50. The highest BCUT2D eigenvalue weighted by Gasteiger charge is 2.33. The molecule has 0 radical (unpaired) electrons. The predicted octanol–water partition coefficient (Wildman–Crippen LogP) is 2.48. The number of carbonyl (C=O) groups is 2. The third-order valence-electron chi connectivity index (χ3n) is 3.74. The zero-order valence-corrected chi connectivity index (χ0v) is 14.3. The first-order valence-electron chi connectivity index (χ1n) is 7.97. The van der Waals surface area contributed by atoms with Crippen molar-refractivity contribution in [3.05, 3.63) is 29.6 Å². The van der Waals surface area contributed by atoms with Crippen LogP contribution < -0.4 is 11.1 Å². The van der Waals surface area contributed by atoms with Crippen molar-refractivity contribution in [2.45, 2.75) is 39.3 Å². The Bertz CT molecular complexity index is 628. The summed E-state index contributed by atoms with van der Waals surface area (Å²) in [6.45, 7) is 6.34. The molecule has 0 bridgehead atoms. The summed E-state index contributed by atoms with van der Waals surface area (Å²) in [7, 11) is 0. The van der Waals surface area contributed by atoms with Crippen LogP contribution in [0.2, 0.25) is 0 Å². The molecule has 1 atom stereocenters. The first-order valence-corrected chi connectivity index (χ1v) is 7.97. The van der Waals surface area contributed by atoms with E-state index >= 15 is 0 Å². The molecule has 1 unspecified atom stereocenters. The van der Waals surface area contributed by atoms with E-state index in [1.54, 1.807) is 26.8 Å². The van der Waals surface area contributed by atoms with Gasteiger partial charge in [-0.15, -0.1) is 0 Å². The van der Waals surface area contributed by atoms with Crippen molar-refractivity contribution >= 4 is 17.7 Å². The van der Waals surface area contributed by atoms with Crippen molar-refractivity contribution in [1.29, 1.82) is 0 Å². The molecule has 2 amide bonds. The molecule has 0 aromatic heterocycles. The van der Waals surface area contributed by atoms with Gasteiger partial charge in [-0.1, -0.05) is 6.07 Å². The summed E-state index contributed by atoms with van der Waals surface area (Å²) in [5.41, 5.74) is 5.79. The summed E-state index contributed by atoms with van der Waals surface area (Å²) < 4.78 is 19.1. The average Bonchev–Trinajstić information content (AvgIpc) is 2.98. The number of rotatable bonds is 3. The molecule has 132 valence electrons. The molecule has 1 aliphatic heterocycles. The number of halogens is 1. The van der Waals surface area contributed by atoms with Crippen LogP contribution in [0.3, 0.4) is 0 Å². The van der Waals surface area contributed by atoms with Crippen LogP contribution in [0.5, 0.6) is 0 Å². The normalized spacial score (nSPS) is 17.7. The molecule has 0 aliphatic carbocycles. The van der Waals surface area contributed by atoms with Crippen LogP contribution in [-0.2, 0) is 16.1 Å². The lowest BCUT2D eigenvalue weighted by molar-refractivity contribution is -0.119. The summed E-state index contributed by atoms with van der Waals surface area (Å²) in [6.07, 6.45) is 0.0811. The molecule has 1 saturated heterocycles. The summed E-state index contributed by atoms with van der Waals surface area (Å²) in [6, 6.07) is 4.37. The lowest BCUT2D eigenvalue weighted by atomic mass is 10.1. The smallest absolute Gasteiger partial charge is 0.410 e. The van der Waals surface area contributed by atoms with E-state index in [1.165, 1.54) is 17.0 Å². The fourth-order valence-electron chi connectivity index (χ4n) is 2.50. The van der Waals surface area contributed by atoms with E-state index in [9.17, 15) is 14.0 Å². The molecule has 1 aromatic rings. The van der Waals surface area contributed by atoms with E-state index in [0.29, 0.717) is 13.0 Å². The van der Waals surface area contributed by atoms with Crippen LogP contribution in [0, 0.1) is 11.7 Å². The molecular formula is C17H24FN3O3. The van der Waals surface area contributed by atoms with Gasteiger partial charge in [0.2, 0.25) is 5.91 Å². The molecule has 24 heavy (non-hydrogen) atoms. The summed E-state index contributed by atoms with van der Waals surface area (Å²) in [5, 5.41) is 2.59. The first kappa shape index (κ1) is 18.2. The minimum absolute atomic E-state index is 0.110. The summed E-state index contributed by atoms with van der Waals surface area (Å²) in [5.74, 6) is -1.21. The monoisotopic (exact) mass is 337 g/mol. The molecule has 6 nitrogen and oxygen atoms in total. The van der Waals surface area contributed by atoms with Crippen molar-refractivity contribution in [1.82, 2.24) is 4.90 Å². The van der Waals surface area contributed by atoms with Crippen LogP contribution in [0.15, 0.2) is 18.2 Å². The maximum Gasteiger partial charge on any atom is 0.410 e. The zero-order chi connectivity index (χ0) is 17.9. The van der Waals surface area contributed by atoms with Gasteiger partial charge >= 0.3 is 6.09 Å². The molecule has 1 aromatic carbocycles. The quantitative estimate of drug-likeness (QED) is 0.887. The number of benzene rings is 1. The largest absolute Gasteiger partial charge is 0.444 e. The van der Waals surface area contributed by atoms with Gasteiger partial charge in [-0.2, -0.15) is 0 Å². The minimum atomic E-state index is -0.580. The number of ether oxygens (including phenoxy) is 1. The standard InChI is InChI=1S/C17H24FN3O3/c1-17(2,3)24-16(23)21-7-6-12(10-21)15(22)20-14-8-11(9-19)4-5-13(14)18/h4-5,8,12H,6-7,9-10,19H2,1-3H3,(H,20,22). The van der Waals surface area contributed by atoms with E-state index in [-0.39, 0.29) is 24.7 Å². The number of amides is 2. The molecule has 2 rings (SSSR count). The van der Waals surface area contributed by atoms with Gasteiger partial charge < -0.3 is 20.7 Å². The van der Waals surface area contributed by atoms with Crippen LogP contribution in [-0.4, -0.2) is 35.6 Å². The van der Waals surface area contributed by atoms with Crippen LogP contribution >= 0.6 is 0 Å². The Morgan fingerprint density at radius 2 is 2.12 bits per heavy atom. The third kappa shape index (κ3) is 4.67. The second-order valence-electron chi connectivity index (χ2n) is 6.92. The van der Waals surface area contributed by atoms with Gasteiger partial charge in [0.25, 0.3) is 0 Å². The van der Waals surface area contributed by atoms with Gasteiger partial charge in [-0.25, -0.2) is 9.18 Å². The molecule has 0 spiro atoms. The van der Waals surface area contributed by atoms with Crippen LogP contribution in [0.4, 0.5) is 14.9 Å². The molecule has 1 heterocycles. The highest BCUT2D eigenvalue weighted by Crippen LogP contribution is 2.22. The summed E-state index contributed by atoms with van der Waals surface area (Å²) in [4.78, 5) is 25.9. The van der Waals surface area contributed by atoms with Crippen LogP contribution in [0.25, 0.3) is 0 Å². The van der Waals surface area contributed by atoms with Crippen molar-refractivity contribution in [3.8, 4) is 0 Å². The van der Waals surface area contributed by atoms with Crippen molar-refractivity contribution < 1.29 is 18.7 Å². The Morgan fingerprint density at radius 3 is 2.75 bits per heavy atom. The molecular weight excluding hydrogens is 313 g/mol. The van der Waals surface area contributed by atoms with Crippen LogP contribution in [0.1, 0.15) is 32.8 Å². The number of hydrogen-bond donors (Lipinski definition) is 2. The number of hydrogen-bond acceptors (Lipinski definition) is 4. The number of nitrogens with one attached hydrogen (secondary N) is 1. The SMILES string of the molecule is CC(C)(C)OC(=O)N1CCC(C(=O)Nc2cc(CN)ccc2F)C1. The lowest BCUT2D eigenvalue weighted by Crippen LogP contribution is -2.36. The number of anilines is 1. The van der Waals surface area contributed by atoms with E-state index < -0.39 is 23.4 Å². The topological polar surface area (TPSA) is 84.7 Å². The Balaban J connectivity index is 1.96. The Kier molecular flexibility index (Phi) is 5.43. The zero-order valence-electron chi connectivity index (χ0n) is 14.3.